The molecule has 90 valence electrons. The van der Waals surface area contributed by atoms with E-state index in [9.17, 15) is 9.59 Å². The van der Waals surface area contributed by atoms with Crippen molar-refractivity contribution in [2.24, 2.45) is 5.73 Å². The third-order valence-electron chi connectivity index (χ3n) is 2.93. The van der Waals surface area contributed by atoms with Crippen molar-refractivity contribution in [2.75, 3.05) is 11.9 Å². The fraction of sp³-hybridized carbons (Fsp3) is 0.385. The number of rotatable bonds is 4. The fourth-order valence-corrected chi connectivity index (χ4v) is 1.96. The van der Waals surface area contributed by atoms with E-state index in [1.165, 1.54) is 0 Å². The van der Waals surface area contributed by atoms with Crippen LogP contribution in [0.1, 0.15) is 35.2 Å². The molecule has 3 N–H and O–H groups in total. The summed E-state index contributed by atoms with van der Waals surface area (Å²) in [6, 6.07) is 5.46. The zero-order chi connectivity index (χ0) is 12.3. The number of amides is 1. The van der Waals surface area contributed by atoms with Crippen LogP contribution in [0.3, 0.4) is 0 Å². The van der Waals surface area contributed by atoms with Crippen LogP contribution in [-0.4, -0.2) is 18.2 Å². The average molecular weight is 232 g/mol. The molecule has 0 radical (unpaired) electrons. The van der Waals surface area contributed by atoms with E-state index in [0.717, 1.165) is 11.3 Å². The number of ketones is 1. The van der Waals surface area contributed by atoms with Crippen LogP contribution < -0.4 is 11.1 Å². The molecule has 4 nitrogen and oxygen atoms in total. The fourth-order valence-electron chi connectivity index (χ4n) is 1.96. The zero-order valence-electron chi connectivity index (χ0n) is 9.66. The highest BCUT2D eigenvalue weighted by Gasteiger charge is 2.16. The summed E-state index contributed by atoms with van der Waals surface area (Å²) >= 11 is 0. The van der Waals surface area contributed by atoms with E-state index in [4.69, 9.17) is 5.73 Å². The molecule has 2 rings (SSSR count). The number of hydrogen-bond acceptors (Lipinski definition) is 3. The first-order valence-electron chi connectivity index (χ1n) is 5.87. The van der Waals surface area contributed by atoms with Crippen molar-refractivity contribution >= 4 is 17.4 Å². The summed E-state index contributed by atoms with van der Waals surface area (Å²) in [6.45, 7) is 0.534. The summed E-state index contributed by atoms with van der Waals surface area (Å²) in [5.41, 5.74) is 7.97. The number of carbonyl (C=O) groups excluding carboxylic acids is 2. The molecule has 0 aliphatic carbocycles. The van der Waals surface area contributed by atoms with Gasteiger partial charge in [0.25, 0.3) is 0 Å². The van der Waals surface area contributed by atoms with Crippen LogP contribution in [0.2, 0.25) is 0 Å². The normalized spacial score (nSPS) is 14.1. The molecule has 0 fully saturated rings. The number of aryl methyl sites for hydroxylation is 1. The van der Waals surface area contributed by atoms with Crippen LogP contribution in [0, 0.1) is 0 Å². The topological polar surface area (TPSA) is 72.2 Å². The predicted molar refractivity (Wildman–Crippen MR) is 66.0 cm³/mol. The summed E-state index contributed by atoms with van der Waals surface area (Å²) in [5, 5.41) is 2.80. The van der Waals surface area contributed by atoms with Crippen LogP contribution >= 0.6 is 0 Å². The van der Waals surface area contributed by atoms with Crippen molar-refractivity contribution < 1.29 is 9.59 Å². The third-order valence-corrected chi connectivity index (χ3v) is 2.93. The number of anilines is 1. The summed E-state index contributed by atoms with van der Waals surface area (Å²) in [6.07, 6.45) is 2.40. The Labute approximate surface area is 100 Å². The molecule has 1 aromatic carbocycles. The van der Waals surface area contributed by atoms with Gasteiger partial charge in [0.1, 0.15) is 0 Å². The molecule has 1 aliphatic rings. The molecule has 0 saturated heterocycles. The molecule has 0 saturated carbocycles. The maximum atomic E-state index is 11.8. The van der Waals surface area contributed by atoms with Crippen LogP contribution in [-0.2, 0) is 11.2 Å². The number of hydrogen-bond donors (Lipinski definition) is 2. The first kappa shape index (κ1) is 11.8. The Morgan fingerprint density at radius 2 is 2.18 bits per heavy atom. The molecule has 0 bridgehead atoms. The highest BCUT2D eigenvalue weighted by molar-refractivity contribution is 5.98. The summed E-state index contributed by atoms with van der Waals surface area (Å²) in [7, 11) is 0. The monoisotopic (exact) mass is 232 g/mol. The van der Waals surface area contributed by atoms with Gasteiger partial charge in [-0.05, 0) is 43.1 Å². The second-order valence-electron chi connectivity index (χ2n) is 4.24. The highest BCUT2D eigenvalue weighted by atomic mass is 16.1. The summed E-state index contributed by atoms with van der Waals surface area (Å²) in [4.78, 5) is 23.0. The second-order valence-corrected chi connectivity index (χ2v) is 4.24. The number of benzene rings is 1. The second kappa shape index (κ2) is 5.10. The van der Waals surface area contributed by atoms with E-state index >= 15 is 0 Å². The van der Waals surface area contributed by atoms with Gasteiger partial charge in [-0.25, -0.2) is 0 Å². The van der Waals surface area contributed by atoms with Gasteiger partial charge in [-0.2, -0.15) is 0 Å². The largest absolute Gasteiger partial charge is 0.330 e. The molecule has 0 unspecified atom stereocenters. The Balaban J connectivity index is 2.16. The molecule has 1 aliphatic heterocycles. The van der Waals surface area contributed by atoms with Crippen LogP contribution in [0.4, 0.5) is 5.69 Å². The van der Waals surface area contributed by atoms with Crippen LogP contribution in [0.5, 0.6) is 0 Å². The van der Waals surface area contributed by atoms with Crippen molar-refractivity contribution in [2.45, 2.75) is 25.7 Å². The molecule has 0 aromatic heterocycles. The minimum atomic E-state index is 0.0414. The molecule has 0 spiro atoms. The van der Waals surface area contributed by atoms with E-state index in [1.807, 2.05) is 12.1 Å². The first-order valence-corrected chi connectivity index (χ1v) is 5.87. The van der Waals surface area contributed by atoms with Crippen molar-refractivity contribution in [1.29, 1.82) is 0 Å². The van der Waals surface area contributed by atoms with E-state index < -0.39 is 0 Å². The van der Waals surface area contributed by atoms with Gasteiger partial charge < -0.3 is 11.1 Å². The van der Waals surface area contributed by atoms with Crippen molar-refractivity contribution in [3.8, 4) is 0 Å². The lowest BCUT2D eigenvalue weighted by Crippen LogP contribution is -2.19. The third kappa shape index (κ3) is 2.71. The van der Waals surface area contributed by atoms with Gasteiger partial charge >= 0.3 is 0 Å². The Morgan fingerprint density at radius 1 is 1.35 bits per heavy atom. The minimum absolute atomic E-state index is 0.0414. The summed E-state index contributed by atoms with van der Waals surface area (Å²) in [5.74, 6) is 0.162. The molecular weight excluding hydrogens is 216 g/mol. The van der Waals surface area contributed by atoms with Gasteiger partial charge in [-0.3, -0.25) is 9.59 Å². The molecule has 17 heavy (non-hydrogen) atoms. The molecule has 1 amide bonds. The standard InChI is InChI=1S/C13H16N2O2/c14-7-1-2-12(16)10-3-5-11-9(8-10)4-6-13(17)15-11/h3,5,8H,1-2,4,6-7,14H2,(H,15,17). The van der Waals surface area contributed by atoms with E-state index in [2.05, 4.69) is 5.32 Å². The van der Waals surface area contributed by atoms with E-state index in [0.29, 0.717) is 37.8 Å². The first-order chi connectivity index (χ1) is 8.20. The van der Waals surface area contributed by atoms with Gasteiger partial charge in [0.05, 0.1) is 0 Å². The Bertz CT molecular complexity index is 455. The Hall–Kier alpha value is -1.68. The lowest BCUT2D eigenvalue weighted by atomic mass is 9.97. The maximum Gasteiger partial charge on any atom is 0.224 e. The Kier molecular flexibility index (Phi) is 3.54. The lowest BCUT2D eigenvalue weighted by molar-refractivity contribution is -0.116. The van der Waals surface area contributed by atoms with Crippen molar-refractivity contribution in [1.82, 2.24) is 0 Å². The number of fused-ring (bicyclic) bond motifs is 1. The molecular formula is C13H16N2O2. The minimum Gasteiger partial charge on any atom is -0.330 e. The molecule has 1 heterocycles. The van der Waals surface area contributed by atoms with Gasteiger partial charge in [0.15, 0.2) is 5.78 Å². The van der Waals surface area contributed by atoms with Crippen LogP contribution in [0.25, 0.3) is 0 Å². The van der Waals surface area contributed by atoms with Crippen molar-refractivity contribution in [3.63, 3.8) is 0 Å². The van der Waals surface area contributed by atoms with E-state index in [-0.39, 0.29) is 11.7 Å². The quantitative estimate of drug-likeness (QED) is 0.772. The van der Waals surface area contributed by atoms with Gasteiger partial charge in [0, 0.05) is 24.1 Å². The smallest absolute Gasteiger partial charge is 0.224 e. The van der Waals surface area contributed by atoms with E-state index in [1.54, 1.807) is 6.07 Å². The number of Topliss-reactive ketones (excluding diaryl/α,β-unsaturated/α-hetero) is 1. The lowest BCUT2D eigenvalue weighted by Gasteiger charge is -2.17. The van der Waals surface area contributed by atoms with Crippen molar-refractivity contribution in [3.05, 3.63) is 29.3 Å². The maximum absolute atomic E-state index is 11.8. The number of nitrogens with two attached hydrogens (primary N) is 1. The zero-order valence-corrected chi connectivity index (χ0v) is 9.66. The molecule has 1 aromatic rings. The predicted octanol–water partition coefficient (Wildman–Crippen LogP) is 1.49. The average Bonchev–Trinajstić information content (AvgIpc) is 2.35. The van der Waals surface area contributed by atoms with Gasteiger partial charge in [-0.1, -0.05) is 0 Å². The van der Waals surface area contributed by atoms with Gasteiger partial charge in [0.2, 0.25) is 5.91 Å². The Morgan fingerprint density at radius 3 is 2.94 bits per heavy atom. The SMILES string of the molecule is NCCCC(=O)c1ccc2c(c1)CCC(=O)N2. The molecule has 4 heteroatoms. The van der Waals surface area contributed by atoms with Gasteiger partial charge in [-0.15, -0.1) is 0 Å². The molecule has 0 atom stereocenters. The highest BCUT2D eigenvalue weighted by Crippen LogP contribution is 2.24. The number of carbonyl (C=O) groups is 2. The van der Waals surface area contributed by atoms with Crippen LogP contribution in [0.15, 0.2) is 18.2 Å². The summed E-state index contributed by atoms with van der Waals surface area (Å²) < 4.78 is 0. The number of nitrogens with one attached hydrogen (secondary N) is 1.